The van der Waals surface area contributed by atoms with E-state index >= 15 is 0 Å². The summed E-state index contributed by atoms with van der Waals surface area (Å²) in [6.45, 7) is 5.12. The van der Waals surface area contributed by atoms with Crippen molar-refractivity contribution in [1.82, 2.24) is 5.32 Å². The summed E-state index contributed by atoms with van der Waals surface area (Å²) in [6, 6.07) is 2.03. The highest BCUT2D eigenvalue weighted by atomic mass is 32.1. The zero-order valence-electron chi connectivity index (χ0n) is 10.8. The molecule has 1 aromatic rings. The Morgan fingerprint density at radius 3 is 2.50 bits per heavy atom. The lowest BCUT2D eigenvalue weighted by molar-refractivity contribution is -0.146. The summed E-state index contributed by atoms with van der Waals surface area (Å²) >= 11 is 1.63. The van der Waals surface area contributed by atoms with Gasteiger partial charge >= 0.3 is 5.97 Å². The van der Waals surface area contributed by atoms with Gasteiger partial charge in [0, 0.05) is 12.0 Å². The first-order valence-corrected chi connectivity index (χ1v) is 6.90. The molecule has 0 radical (unpaired) electrons. The van der Waals surface area contributed by atoms with Crippen LogP contribution in [0.5, 0.6) is 0 Å². The average molecular weight is 269 g/mol. The smallest absolute Gasteiger partial charge is 0.307 e. The van der Waals surface area contributed by atoms with E-state index in [9.17, 15) is 9.59 Å². The maximum absolute atomic E-state index is 11.9. The molecule has 1 amide bonds. The number of rotatable bonds is 6. The average Bonchev–Trinajstić information content (AvgIpc) is 2.79. The Labute approximate surface area is 111 Å². The fraction of sp³-hybridized carbons (Fsp3) is 0.538. The van der Waals surface area contributed by atoms with Crippen LogP contribution in [-0.4, -0.2) is 23.0 Å². The van der Waals surface area contributed by atoms with E-state index in [1.54, 1.807) is 25.2 Å². The number of carboxylic acid groups (broad SMARTS) is 1. The molecule has 1 aromatic heterocycles. The van der Waals surface area contributed by atoms with Gasteiger partial charge in [0.15, 0.2) is 0 Å². The molecule has 1 rings (SSSR count). The van der Waals surface area contributed by atoms with E-state index in [-0.39, 0.29) is 11.9 Å². The fourth-order valence-electron chi connectivity index (χ4n) is 1.63. The topological polar surface area (TPSA) is 66.4 Å². The molecule has 0 fully saturated rings. The number of carbonyl (C=O) groups is 2. The Kier molecular flexibility index (Phi) is 5.34. The Morgan fingerprint density at radius 1 is 1.33 bits per heavy atom. The van der Waals surface area contributed by atoms with Crippen LogP contribution in [-0.2, 0) is 16.0 Å². The molecule has 0 bridgehead atoms. The Balaban J connectivity index is 2.46. The molecule has 5 heteroatoms. The molecule has 0 aromatic carbocycles. The van der Waals surface area contributed by atoms with E-state index < -0.39 is 17.8 Å². The van der Waals surface area contributed by atoms with Crippen LogP contribution in [0.25, 0.3) is 0 Å². The van der Waals surface area contributed by atoms with Crippen LogP contribution < -0.4 is 5.32 Å². The second kappa shape index (κ2) is 6.54. The summed E-state index contributed by atoms with van der Waals surface area (Å²) in [6.07, 6.45) is 0.767. The molecule has 0 saturated heterocycles. The number of aliphatic carboxylic acids is 1. The minimum Gasteiger partial charge on any atom is -0.481 e. The van der Waals surface area contributed by atoms with Crippen LogP contribution in [0.1, 0.15) is 26.3 Å². The summed E-state index contributed by atoms with van der Waals surface area (Å²) < 4.78 is 0. The summed E-state index contributed by atoms with van der Waals surface area (Å²) in [5.41, 5.74) is 1.19. The van der Waals surface area contributed by atoms with Gasteiger partial charge in [-0.25, -0.2) is 0 Å². The van der Waals surface area contributed by atoms with Crippen molar-refractivity contribution in [2.24, 2.45) is 11.8 Å². The number of carboxylic acids is 1. The third-order valence-electron chi connectivity index (χ3n) is 3.06. The number of carbonyl (C=O) groups excluding carboxylic acids is 1. The van der Waals surface area contributed by atoms with Gasteiger partial charge in [-0.3, -0.25) is 9.59 Å². The molecule has 0 aliphatic heterocycles. The fourth-order valence-corrected chi connectivity index (χ4v) is 2.31. The van der Waals surface area contributed by atoms with E-state index in [2.05, 4.69) is 5.32 Å². The number of amides is 1. The zero-order valence-corrected chi connectivity index (χ0v) is 11.7. The molecule has 1 heterocycles. The lowest BCUT2D eigenvalue weighted by atomic mass is 9.95. The van der Waals surface area contributed by atoms with Crippen molar-refractivity contribution in [3.05, 3.63) is 22.4 Å². The summed E-state index contributed by atoms with van der Waals surface area (Å²) in [7, 11) is 0. The molecular weight excluding hydrogens is 250 g/mol. The highest BCUT2D eigenvalue weighted by Crippen LogP contribution is 2.13. The molecule has 2 N–H and O–H groups in total. The Bertz CT molecular complexity index is 402. The predicted molar refractivity (Wildman–Crippen MR) is 71.6 cm³/mol. The standard InChI is InChI=1S/C13H19NO3S/c1-8(6-11-4-5-18-7-11)14-12(15)9(2)10(3)13(16)17/h4-5,7-10H,6H2,1-3H3,(H,14,15)(H,16,17). The minimum atomic E-state index is -0.942. The van der Waals surface area contributed by atoms with Crippen LogP contribution in [0.4, 0.5) is 0 Å². The highest BCUT2D eigenvalue weighted by Gasteiger charge is 2.26. The van der Waals surface area contributed by atoms with E-state index in [1.807, 2.05) is 23.8 Å². The first-order chi connectivity index (χ1) is 8.41. The SMILES string of the molecule is CC(Cc1ccsc1)NC(=O)C(C)C(C)C(=O)O. The lowest BCUT2D eigenvalue weighted by Gasteiger charge is -2.19. The molecule has 0 aliphatic carbocycles. The Morgan fingerprint density at radius 2 is 2.00 bits per heavy atom. The molecular formula is C13H19NO3S. The molecule has 0 spiro atoms. The third kappa shape index (κ3) is 4.14. The monoisotopic (exact) mass is 269 g/mol. The predicted octanol–water partition coefficient (Wildman–Crippen LogP) is 2.15. The van der Waals surface area contributed by atoms with Crippen LogP contribution >= 0.6 is 11.3 Å². The Hall–Kier alpha value is -1.36. The molecule has 18 heavy (non-hydrogen) atoms. The zero-order chi connectivity index (χ0) is 13.7. The van der Waals surface area contributed by atoms with Crippen molar-refractivity contribution in [1.29, 1.82) is 0 Å². The van der Waals surface area contributed by atoms with Gasteiger partial charge in [0.2, 0.25) is 5.91 Å². The lowest BCUT2D eigenvalue weighted by Crippen LogP contribution is -2.40. The third-order valence-corrected chi connectivity index (χ3v) is 3.80. The van der Waals surface area contributed by atoms with Gasteiger partial charge in [-0.05, 0) is 35.7 Å². The van der Waals surface area contributed by atoms with Gasteiger partial charge in [-0.2, -0.15) is 11.3 Å². The van der Waals surface area contributed by atoms with E-state index in [4.69, 9.17) is 5.11 Å². The van der Waals surface area contributed by atoms with Gasteiger partial charge in [-0.1, -0.05) is 13.8 Å². The maximum atomic E-state index is 11.9. The van der Waals surface area contributed by atoms with Crippen molar-refractivity contribution in [2.75, 3.05) is 0 Å². The quantitative estimate of drug-likeness (QED) is 0.831. The molecule has 3 unspecified atom stereocenters. The van der Waals surface area contributed by atoms with Crippen LogP contribution in [0.2, 0.25) is 0 Å². The second-order valence-corrected chi connectivity index (χ2v) is 5.44. The van der Waals surface area contributed by atoms with E-state index in [0.717, 1.165) is 6.42 Å². The first kappa shape index (κ1) is 14.7. The maximum Gasteiger partial charge on any atom is 0.307 e. The largest absolute Gasteiger partial charge is 0.481 e. The number of thiophene rings is 1. The molecule has 4 nitrogen and oxygen atoms in total. The van der Waals surface area contributed by atoms with E-state index in [0.29, 0.717) is 0 Å². The molecule has 100 valence electrons. The normalized spacial score (nSPS) is 15.7. The van der Waals surface area contributed by atoms with Gasteiger partial charge in [0.05, 0.1) is 5.92 Å². The van der Waals surface area contributed by atoms with Crippen molar-refractivity contribution < 1.29 is 14.7 Å². The number of nitrogens with one attached hydrogen (secondary N) is 1. The van der Waals surface area contributed by atoms with Crippen LogP contribution in [0.3, 0.4) is 0 Å². The van der Waals surface area contributed by atoms with Crippen molar-refractivity contribution >= 4 is 23.2 Å². The first-order valence-electron chi connectivity index (χ1n) is 5.96. The van der Waals surface area contributed by atoms with Crippen molar-refractivity contribution in [3.8, 4) is 0 Å². The van der Waals surface area contributed by atoms with Crippen LogP contribution in [0, 0.1) is 11.8 Å². The molecule has 0 saturated carbocycles. The van der Waals surface area contributed by atoms with Gasteiger partial charge in [0.25, 0.3) is 0 Å². The van der Waals surface area contributed by atoms with Gasteiger partial charge in [0.1, 0.15) is 0 Å². The highest BCUT2D eigenvalue weighted by molar-refractivity contribution is 7.07. The number of hydrogen-bond donors (Lipinski definition) is 2. The summed E-state index contributed by atoms with van der Waals surface area (Å²) in [4.78, 5) is 22.7. The van der Waals surface area contributed by atoms with E-state index in [1.165, 1.54) is 5.56 Å². The van der Waals surface area contributed by atoms with Crippen LogP contribution in [0.15, 0.2) is 16.8 Å². The van der Waals surface area contributed by atoms with Crippen molar-refractivity contribution in [3.63, 3.8) is 0 Å². The van der Waals surface area contributed by atoms with Gasteiger partial charge < -0.3 is 10.4 Å². The molecule has 0 aliphatic rings. The minimum absolute atomic E-state index is 0.00976. The number of hydrogen-bond acceptors (Lipinski definition) is 3. The summed E-state index contributed by atoms with van der Waals surface area (Å²) in [5.74, 6) is -2.33. The van der Waals surface area contributed by atoms with Gasteiger partial charge in [-0.15, -0.1) is 0 Å². The second-order valence-electron chi connectivity index (χ2n) is 4.66. The van der Waals surface area contributed by atoms with Crippen molar-refractivity contribution in [2.45, 2.75) is 33.2 Å². The summed E-state index contributed by atoms with van der Waals surface area (Å²) in [5, 5.41) is 15.8. The molecule has 3 atom stereocenters.